The average molecular weight is 309 g/mol. The van der Waals surface area contributed by atoms with Crippen LogP contribution in [-0.2, 0) is 4.79 Å². The largest absolute Gasteiger partial charge is 0.480 e. The van der Waals surface area contributed by atoms with E-state index in [1.54, 1.807) is 4.90 Å². The van der Waals surface area contributed by atoms with Crippen molar-refractivity contribution in [2.75, 3.05) is 13.1 Å². The van der Waals surface area contributed by atoms with E-state index in [4.69, 9.17) is 0 Å². The van der Waals surface area contributed by atoms with Crippen LogP contribution in [0.2, 0.25) is 0 Å². The number of carboxylic acids is 1. The molecule has 1 aliphatic heterocycles. The molecule has 0 aliphatic carbocycles. The van der Waals surface area contributed by atoms with Crippen LogP contribution in [0.5, 0.6) is 0 Å². The Morgan fingerprint density at radius 3 is 2.30 bits per heavy atom. The van der Waals surface area contributed by atoms with E-state index in [1.165, 1.54) is 0 Å². The fourth-order valence-electron chi connectivity index (χ4n) is 3.05. The number of carboxylic acid groups (broad SMARTS) is 1. The van der Waals surface area contributed by atoms with Gasteiger partial charge in [0.1, 0.15) is 6.04 Å². The molecule has 4 heteroatoms. The number of benzene rings is 2. The van der Waals surface area contributed by atoms with Crippen LogP contribution in [0.25, 0.3) is 11.1 Å². The van der Waals surface area contributed by atoms with E-state index in [0.29, 0.717) is 18.5 Å². The van der Waals surface area contributed by atoms with Gasteiger partial charge in [0, 0.05) is 5.56 Å². The lowest BCUT2D eigenvalue weighted by atomic mass is 10.0. The van der Waals surface area contributed by atoms with Crippen molar-refractivity contribution in [2.45, 2.75) is 18.9 Å². The van der Waals surface area contributed by atoms with Crippen molar-refractivity contribution in [3.63, 3.8) is 0 Å². The van der Waals surface area contributed by atoms with E-state index >= 15 is 0 Å². The second-order valence-corrected chi connectivity index (χ2v) is 5.83. The SMILES string of the molecule is O=C(CN1CCC[C@H]1C(=O)O)c1ccc(-c2ccccc2)cc1. The molecule has 1 atom stereocenters. The lowest BCUT2D eigenvalue weighted by Gasteiger charge is -2.20. The highest BCUT2D eigenvalue weighted by Gasteiger charge is 2.31. The molecule has 0 unspecified atom stereocenters. The first kappa shape index (κ1) is 15.4. The molecule has 1 N–H and O–H groups in total. The first-order valence-corrected chi connectivity index (χ1v) is 7.81. The van der Waals surface area contributed by atoms with Gasteiger partial charge in [-0.15, -0.1) is 0 Å². The summed E-state index contributed by atoms with van der Waals surface area (Å²) < 4.78 is 0. The molecule has 0 amide bonds. The zero-order valence-electron chi connectivity index (χ0n) is 12.8. The summed E-state index contributed by atoms with van der Waals surface area (Å²) in [7, 11) is 0. The minimum Gasteiger partial charge on any atom is -0.480 e. The Hall–Kier alpha value is -2.46. The topological polar surface area (TPSA) is 57.6 Å². The Bertz CT molecular complexity index is 694. The molecule has 0 saturated carbocycles. The van der Waals surface area contributed by atoms with Gasteiger partial charge in [0.25, 0.3) is 0 Å². The van der Waals surface area contributed by atoms with Crippen LogP contribution in [0.4, 0.5) is 0 Å². The molecule has 2 aromatic carbocycles. The molecular weight excluding hydrogens is 290 g/mol. The summed E-state index contributed by atoms with van der Waals surface area (Å²) in [4.78, 5) is 25.3. The number of rotatable bonds is 5. The zero-order chi connectivity index (χ0) is 16.2. The van der Waals surface area contributed by atoms with Gasteiger partial charge < -0.3 is 5.11 Å². The van der Waals surface area contributed by atoms with E-state index in [-0.39, 0.29) is 12.3 Å². The third kappa shape index (κ3) is 3.48. The molecule has 0 bridgehead atoms. The van der Waals surface area contributed by atoms with Crippen LogP contribution in [0.1, 0.15) is 23.2 Å². The Balaban J connectivity index is 1.70. The average Bonchev–Trinajstić information content (AvgIpc) is 3.04. The second kappa shape index (κ2) is 6.75. The van der Waals surface area contributed by atoms with Crippen LogP contribution < -0.4 is 0 Å². The predicted molar refractivity (Wildman–Crippen MR) is 88.4 cm³/mol. The highest BCUT2D eigenvalue weighted by molar-refractivity contribution is 5.98. The summed E-state index contributed by atoms with van der Waals surface area (Å²) in [6, 6.07) is 17.0. The maximum Gasteiger partial charge on any atom is 0.320 e. The minimum absolute atomic E-state index is 0.0299. The summed E-state index contributed by atoms with van der Waals surface area (Å²) in [6.07, 6.45) is 1.45. The van der Waals surface area contributed by atoms with Crippen molar-refractivity contribution < 1.29 is 14.7 Å². The predicted octanol–water partition coefficient (Wildman–Crippen LogP) is 3.09. The number of hydrogen-bond acceptors (Lipinski definition) is 3. The first-order chi connectivity index (χ1) is 11.1. The van der Waals surface area contributed by atoms with Crippen LogP contribution in [0.3, 0.4) is 0 Å². The van der Waals surface area contributed by atoms with Crippen molar-refractivity contribution in [1.82, 2.24) is 4.90 Å². The number of likely N-dealkylation sites (tertiary alicyclic amines) is 1. The molecule has 1 aliphatic rings. The lowest BCUT2D eigenvalue weighted by Crippen LogP contribution is -2.39. The fraction of sp³-hybridized carbons (Fsp3) is 0.263. The maximum atomic E-state index is 12.4. The summed E-state index contributed by atoms with van der Waals surface area (Å²) in [5.74, 6) is -0.868. The number of Topliss-reactive ketones (excluding diaryl/α,β-unsaturated/α-hetero) is 1. The molecule has 0 spiro atoms. The monoisotopic (exact) mass is 309 g/mol. The van der Waals surface area contributed by atoms with Gasteiger partial charge in [-0.1, -0.05) is 54.6 Å². The van der Waals surface area contributed by atoms with Crippen molar-refractivity contribution in [3.05, 3.63) is 60.2 Å². The quantitative estimate of drug-likeness (QED) is 0.862. The Labute approximate surface area is 135 Å². The van der Waals surface area contributed by atoms with Gasteiger partial charge in [0.05, 0.1) is 6.54 Å². The lowest BCUT2D eigenvalue weighted by molar-refractivity contribution is -0.141. The van der Waals surface area contributed by atoms with Crippen LogP contribution in [-0.4, -0.2) is 40.9 Å². The van der Waals surface area contributed by atoms with Gasteiger partial charge in [-0.3, -0.25) is 14.5 Å². The van der Waals surface area contributed by atoms with Crippen molar-refractivity contribution >= 4 is 11.8 Å². The highest BCUT2D eigenvalue weighted by Crippen LogP contribution is 2.21. The van der Waals surface area contributed by atoms with Gasteiger partial charge in [0.15, 0.2) is 5.78 Å². The number of carbonyl (C=O) groups is 2. The Kier molecular flexibility index (Phi) is 4.53. The van der Waals surface area contributed by atoms with Gasteiger partial charge in [-0.2, -0.15) is 0 Å². The van der Waals surface area contributed by atoms with E-state index in [1.807, 2.05) is 54.6 Å². The third-order valence-electron chi connectivity index (χ3n) is 4.31. The van der Waals surface area contributed by atoms with Gasteiger partial charge >= 0.3 is 5.97 Å². The number of nitrogens with zero attached hydrogens (tertiary/aromatic N) is 1. The van der Waals surface area contributed by atoms with Gasteiger partial charge in [-0.05, 0) is 30.5 Å². The van der Waals surface area contributed by atoms with E-state index in [0.717, 1.165) is 17.5 Å². The standard InChI is InChI=1S/C19H19NO3/c21-18(13-20-12-4-7-17(20)19(22)23)16-10-8-15(9-11-16)14-5-2-1-3-6-14/h1-3,5-6,8-11,17H,4,7,12-13H2,(H,22,23)/t17-/m0/s1. The molecule has 1 heterocycles. The molecule has 1 fully saturated rings. The second-order valence-electron chi connectivity index (χ2n) is 5.83. The number of hydrogen-bond donors (Lipinski definition) is 1. The number of carbonyl (C=O) groups excluding carboxylic acids is 1. The smallest absolute Gasteiger partial charge is 0.320 e. The van der Waals surface area contributed by atoms with Crippen molar-refractivity contribution in [3.8, 4) is 11.1 Å². The van der Waals surface area contributed by atoms with Crippen molar-refractivity contribution in [1.29, 1.82) is 0 Å². The van der Waals surface area contributed by atoms with Crippen molar-refractivity contribution in [2.24, 2.45) is 0 Å². The molecule has 3 rings (SSSR count). The zero-order valence-corrected chi connectivity index (χ0v) is 12.8. The van der Waals surface area contributed by atoms with Crippen LogP contribution in [0, 0.1) is 0 Å². The van der Waals surface area contributed by atoms with E-state index in [2.05, 4.69) is 0 Å². The normalized spacial score (nSPS) is 18.0. The summed E-state index contributed by atoms with van der Waals surface area (Å²) in [6.45, 7) is 0.840. The Morgan fingerprint density at radius 1 is 1.00 bits per heavy atom. The van der Waals surface area contributed by atoms with Gasteiger partial charge in [0.2, 0.25) is 0 Å². The molecular formula is C19H19NO3. The molecule has 4 nitrogen and oxygen atoms in total. The minimum atomic E-state index is -0.838. The van der Waals surface area contributed by atoms with Gasteiger partial charge in [-0.25, -0.2) is 0 Å². The molecule has 23 heavy (non-hydrogen) atoms. The highest BCUT2D eigenvalue weighted by atomic mass is 16.4. The van der Waals surface area contributed by atoms with Crippen LogP contribution in [0.15, 0.2) is 54.6 Å². The summed E-state index contributed by atoms with van der Waals surface area (Å²) in [5, 5.41) is 9.18. The van der Waals surface area contributed by atoms with E-state index < -0.39 is 12.0 Å². The summed E-state index contributed by atoms with van der Waals surface area (Å²) >= 11 is 0. The number of aliphatic carboxylic acids is 1. The molecule has 0 radical (unpaired) electrons. The Morgan fingerprint density at radius 2 is 1.65 bits per heavy atom. The molecule has 0 aromatic heterocycles. The molecule has 2 aromatic rings. The maximum absolute atomic E-state index is 12.4. The van der Waals surface area contributed by atoms with Crippen LogP contribution >= 0.6 is 0 Å². The number of ketones is 1. The summed E-state index contributed by atoms with van der Waals surface area (Å²) in [5.41, 5.74) is 2.80. The fourth-order valence-corrected chi connectivity index (χ4v) is 3.05. The first-order valence-electron chi connectivity index (χ1n) is 7.81. The third-order valence-corrected chi connectivity index (χ3v) is 4.31. The van der Waals surface area contributed by atoms with E-state index in [9.17, 15) is 14.7 Å². The molecule has 1 saturated heterocycles. The molecule has 118 valence electrons.